The summed E-state index contributed by atoms with van der Waals surface area (Å²) in [4.78, 5) is 4.05. The molecule has 1 aromatic carbocycles. The third-order valence-electron chi connectivity index (χ3n) is 2.76. The topological polar surface area (TPSA) is 29.9 Å². The molecular formula is C13H13BrF3N3. The maximum Gasteiger partial charge on any atom is 0.418 e. The summed E-state index contributed by atoms with van der Waals surface area (Å²) < 4.78 is 41.2. The van der Waals surface area contributed by atoms with Crippen molar-refractivity contribution in [2.24, 2.45) is 0 Å². The van der Waals surface area contributed by atoms with E-state index in [1.54, 1.807) is 23.0 Å². The Morgan fingerprint density at radius 2 is 2.00 bits per heavy atom. The first-order chi connectivity index (χ1) is 9.29. The average Bonchev–Trinajstić information content (AvgIpc) is 2.78. The van der Waals surface area contributed by atoms with Gasteiger partial charge in [-0.15, -0.1) is 0 Å². The molecule has 3 nitrogen and oxygen atoms in total. The Hall–Kier alpha value is -1.50. The molecule has 0 aliphatic rings. The second-order valence-electron chi connectivity index (χ2n) is 4.56. The van der Waals surface area contributed by atoms with Gasteiger partial charge in [-0.05, 0) is 32.0 Å². The van der Waals surface area contributed by atoms with Gasteiger partial charge in [0, 0.05) is 22.9 Å². The summed E-state index contributed by atoms with van der Waals surface area (Å²) in [5, 5.41) is 2.75. The highest BCUT2D eigenvalue weighted by molar-refractivity contribution is 9.10. The van der Waals surface area contributed by atoms with E-state index in [1.807, 2.05) is 13.8 Å². The minimum Gasteiger partial charge on any atom is -0.325 e. The van der Waals surface area contributed by atoms with E-state index in [4.69, 9.17) is 0 Å². The molecule has 0 aliphatic heterocycles. The first kappa shape index (κ1) is 14.9. The molecule has 0 radical (unpaired) electrons. The number of rotatable bonds is 3. The van der Waals surface area contributed by atoms with Crippen LogP contribution >= 0.6 is 15.9 Å². The van der Waals surface area contributed by atoms with Crippen LogP contribution in [0.3, 0.4) is 0 Å². The van der Waals surface area contributed by atoms with Gasteiger partial charge in [0.1, 0.15) is 0 Å². The Balaban J connectivity index is 2.41. The highest BCUT2D eigenvalue weighted by Crippen LogP contribution is 2.37. The molecule has 7 heteroatoms. The van der Waals surface area contributed by atoms with Gasteiger partial charge >= 0.3 is 6.18 Å². The molecule has 0 saturated carbocycles. The van der Waals surface area contributed by atoms with Crippen LogP contribution < -0.4 is 5.32 Å². The number of nitrogens with zero attached hydrogens (tertiary/aromatic N) is 2. The van der Waals surface area contributed by atoms with Gasteiger partial charge in [0.05, 0.1) is 11.3 Å². The highest BCUT2D eigenvalue weighted by Gasteiger charge is 2.34. The second-order valence-corrected chi connectivity index (χ2v) is 5.48. The number of benzene rings is 1. The largest absolute Gasteiger partial charge is 0.418 e. The zero-order chi connectivity index (χ0) is 14.9. The number of halogens is 4. The average molecular weight is 348 g/mol. The Kier molecular flexibility index (Phi) is 4.08. The molecule has 108 valence electrons. The van der Waals surface area contributed by atoms with E-state index in [2.05, 4.69) is 26.2 Å². The fourth-order valence-electron chi connectivity index (χ4n) is 1.81. The molecule has 0 aliphatic carbocycles. The highest BCUT2D eigenvalue weighted by atomic mass is 79.9. The molecule has 0 atom stereocenters. The van der Waals surface area contributed by atoms with Gasteiger partial charge in [-0.2, -0.15) is 13.2 Å². The number of hydrogen-bond acceptors (Lipinski definition) is 2. The number of nitrogens with one attached hydrogen (secondary N) is 1. The van der Waals surface area contributed by atoms with Gasteiger partial charge in [-0.25, -0.2) is 4.98 Å². The maximum atomic E-state index is 13.0. The predicted octanol–water partition coefficient (Wildman–Crippen LogP) is 4.99. The standard InChI is InChI=1S/C13H13BrF3N3/c1-8(2)20-6-5-18-12(20)19-11-4-3-9(14)7-10(11)13(15,16)17/h3-8H,1-2H3,(H,18,19). The van der Waals surface area contributed by atoms with Crippen molar-refractivity contribution < 1.29 is 13.2 Å². The summed E-state index contributed by atoms with van der Waals surface area (Å²) in [6.45, 7) is 3.86. The molecular weight excluding hydrogens is 335 g/mol. The van der Waals surface area contributed by atoms with Crippen LogP contribution in [0.1, 0.15) is 25.5 Å². The Morgan fingerprint density at radius 1 is 1.30 bits per heavy atom. The molecule has 0 fully saturated rings. The van der Waals surface area contributed by atoms with E-state index in [1.165, 1.54) is 6.07 Å². The summed E-state index contributed by atoms with van der Waals surface area (Å²) in [5.74, 6) is 0.382. The number of alkyl halides is 3. The zero-order valence-corrected chi connectivity index (χ0v) is 12.5. The molecule has 0 saturated heterocycles. The lowest BCUT2D eigenvalue weighted by atomic mass is 10.1. The second kappa shape index (κ2) is 5.47. The summed E-state index contributed by atoms with van der Waals surface area (Å²) in [7, 11) is 0. The van der Waals surface area contributed by atoms with E-state index in [0.29, 0.717) is 10.4 Å². The zero-order valence-electron chi connectivity index (χ0n) is 10.9. The van der Waals surface area contributed by atoms with Crippen molar-refractivity contribution in [3.63, 3.8) is 0 Å². The van der Waals surface area contributed by atoms with Crippen molar-refractivity contribution in [3.05, 3.63) is 40.6 Å². The first-order valence-electron chi connectivity index (χ1n) is 5.95. The van der Waals surface area contributed by atoms with Crippen LogP contribution in [0.2, 0.25) is 0 Å². The summed E-state index contributed by atoms with van der Waals surface area (Å²) in [5.41, 5.74) is -0.751. The van der Waals surface area contributed by atoms with Gasteiger partial charge in [-0.3, -0.25) is 0 Å². The number of anilines is 2. The van der Waals surface area contributed by atoms with Crippen molar-refractivity contribution in [1.29, 1.82) is 0 Å². The van der Waals surface area contributed by atoms with Crippen LogP contribution in [0.15, 0.2) is 35.1 Å². The molecule has 2 aromatic rings. The number of aromatic nitrogens is 2. The van der Waals surface area contributed by atoms with Crippen LogP contribution in [0.25, 0.3) is 0 Å². The molecule has 0 bridgehead atoms. The molecule has 0 unspecified atom stereocenters. The number of hydrogen-bond donors (Lipinski definition) is 1. The minimum atomic E-state index is -4.43. The molecule has 0 amide bonds. The van der Waals surface area contributed by atoms with E-state index < -0.39 is 11.7 Å². The van der Waals surface area contributed by atoms with Crippen LogP contribution in [-0.4, -0.2) is 9.55 Å². The molecule has 0 spiro atoms. The van der Waals surface area contributed by atoms with Gasteiger partial charge in [0.25, 0.3) is 0 Å². The third-order valence-corrected chi connectivity index (χ3v) is 3.25. The molecule has 1 N–H and O–H groups in total. The normalized spacial score (nSPS) is 11.9. The van der Waals surface area contributed by atoms with Gasteiger partial charge in [0.2, 0.25) is 5.95 Å². The molecule has 1 heterocycles. The smallest absolute Gasteiger partial charge is 0.325 e. The summed E-state index contributed by atoms with van der Waals surface area (Å²) in [6.07, 6.45) is -1.16. The summed E-state index contributed by atoms with van der Waals surface area (Å²) >= 11 is 3.06. The lowest BCUT2D eigenvalue weighted by Crippen LogP contribution is -2.11. The summed E-state index contributed by atoms with van der Waals surface area (Å²) in [6, 6.07) is 4.09. The van der Waals surface area contributed by atoms with E-state index in [0.717, 1.165) is 6.07 Å². The quantitative estimate of drug-likeness (QED) is 0.847. The molecule has 2 rings (SSSR count). The van der Waals surface area contributed by atoms with Gasteiger partial charge in [0.15, 0.2) is 0 Å². The first-order valence-corrected chi connectivity index (χ1v) is 6.75. The van der Waals surface area contributed by atoms with E-state index >= 15 is 0 Å². The molecule has 20 heavy (non-hydrogen) atoms. The molecule has 1 aromatic heterocycles. The Labute approximate surface area is 123 Å². The van der Waals surface area contributed by atoms with Crippen molar-refractivity contribution in [1.82, 2.24) is 9.55 Å². The van der Waals surface area contributed by atoms with Crippen molar-refractivity contribution in [2.75, 3.05) is 5.32 Å². The van der Waals surface area contributed by atoms with Gasteiger partial charge in [-0.1, -0.05) is 15.9 Å². The van der Waals surface area contributed by atoms with Crippen molar-refractivity contribution in [3.8, 4) is 0 Å². The fourth-order valence-corrected chi connectivity index (χ4v) is 2.17. The predicted molar refractivity (Wildman–Crippen MR) is 75.0 cm³/mol. The van der Waals surface area contributed by atoms with E-state index in [-0.39, 0.29) is 11.7 Å². The lowest BCUT2D eigenvalue weighted by molar-refractivity contribution is -0.137. The fraction of sp³-hybridized carbons (Fsp3) is 0.308. The van der Waals surface area contributed by atoms with Crippen LogP contribution in [0.5, 0.6) is 0 Å². The Morgan fingerprint density at radius 3 is 2.60 bits per heavy atom. The monoisotopic (exact) mass is 347 g/mol. The van der Waals surface area contributed by atoms with Crippen molar-refractivity contribution >= 4 is 27.6 Å². The van der Waals surface area contributed by atoms with Crippen LogP contribution in [-0.2, 0) is 6.18 Å². The number of imidazole rings is 1. The van der Waals surface area contributed by atoms with Crippen LogP contribution in [0, 0.1) is 0 Å². The van der Waals surface area contributed by atoms with Crippen molar-refractivity contribution in [2.45, 2.75) is 26.1 Å². The van der Waals surface area contributed by atoms with Crippen LogP contribution in [0.4, 0.5) is 24.8 Å². The third kappa shape index (κ3) is 3.15. The minimum absolute atomic E-state index is 0.0196. The van der Waals surface area contributed by atoms with E-state index in [9.17, 15) is 13.2 Å². The lowest BCUT2D eigenvalue weighted by Gasteiger charge is -2.17. The SMILES string of the molecule is CC(C)n1ccnc1Nc1ccc(Br)cc1C(F)(F)F. The Bertz CT molecular complexity index is 605. The maximum absolute atomic E-state index is 13.0. The van der Waals surface area contributed by atoms with Gasteiger partial charge < -0.3 is 9.88 Å².